The van der Waals surface area contributed by atoms with Crippen molar-refractivity contribution in [2.45, 2.75) is 20.8 Å². The predicted octanol–water partition coefficient (Wildman–Crippen LogP) is 2.50. The van der Waals surface area contributed by atoms with Gasteiger partial charge in [0.2, 0.25) is 5.91 Å². The summed E-state index contributed by atoms with van der Waals surface area (Å²) in [6.45, 7) is 5.03. The third-order valence-electron chi connectivity index (χ3n) is 3.25. The van der Waals surface area contributed by atoms with Crippen molar-refractivity contribution in [3.63, 3.8) is 0 Å². The Morgan fingerprint density at radius 3 is 2.32 bits per heavy atom. The van der Waals surface area contributed by atoms with Gasteiger partial charge < -0.3 is 10.1 Å². The van der Waals surface area contributed by atoms with Gasteiger partial charge in [-0.05, 0) is 24.3 Å². The average Bonchev–Trinajstić information content (AvgIpc) is 2.60. The fourth-order valence-electron chi connectivity index (χ4n) is 1.75. The van der Waals surface area contributed by atoms with E-state index in [9.17, 15) is 14.4 Å². The smallest absolute Gasteiger partial charge is 0.358 e. The van der Waals surface area contributed by atoms with Crippen molar-refractivity contribution >= 4 is 23.3 Å². The molecule has 0 fully saturated rings. The summed E-state index contributed by atoms with van der Waals surface area (Å²) in [4.78, 5) is 43.3. The minimum absolute atomic E-state index is 0.0375. The third kappa shape index (κ3) is 5.20. The van der Waals surface area contributed by atoms with Crippen molar-refractivity contribution in [3.8, 4) is 0 Å². The fraction of sp³-hybridized carbons (Fsp3) is 0.278. The van der Waals surface area contributed by atoms with Crippen LogP contribution in [0, 0.1) is 5.41 Å². The lowest BCUT2D eigenvalue weighted by Crippen LogP contribution is -2.27. The number of nitrogens with zero attached hydrogens (tertiary/aromatic N) is 2. The fourth-order valence-corrected chi connectivity index (χ4v) is 1.75. The van der Waals surface area contributed by atoms with Crippen LogP contribution in [0.5, 0.6) is 0 Å². The van der Waals surface area contributed by atoms with Gasteiger partial charge in [-0.3, -0.25) is 14.6 Å². The van der Waals surface area contributed by atoms with Gasteiger partial charge in [0.15, 0.2) is 18.1 Å². The Bertz CT molecular complexity index is 765. The minimum Gasteiger partial charge on any atom is -0.453 e. The first-order valence-corrected chi connectivity index (χ1v) is 7.65. The highest BCUT2D eigenvalue weighted by Crippen LogP contribution is 2.18. The highest BCUT2D eigenvalue weighted by atomic mass is 16.5. The first-order valence-electron chi connectivity index (χ1n) is 7.65. The van der Waals surface area contributed by atoms with Crippen molar-refractivity contribution in [2.24, 2.45) is 5.41 Å². The predicted molar refractivity (Wildman–Crippen MR) is 91.2 cm³/mol. The number of carbonyl (C=O) groups excluding carboxylic acids is 3. The number of nitrogens with one attached hydrogen (secondary N) is 1. The van der Waals surface area contributed by atoms with Gasteiger partial charge in [0.1, 0.15) is 0 Å². The zero-order chi connectivity index (χ0) is 18.4. The molecule has 0 bridgehead atoms. The van der Waals surface area contributed by atoms with Crippen LogP contribution >= 0.6 is 0 Å². The summed E-state index contributed by atoms with van der Waals surface area (Å²) in [6.07, 6.45) is 4.06. The second kappa shape index (κ2) is 7.65. The molecule has 25 heavy (non-hydrogen) atoms. The number of anilines is 1. The zero-order valence-electron chi connectivity index (χ0n) is 14.3. The van der Waals surface area contributed by atoms with E-state index < -0.39 is 18.0 Å². The number of ketones is 1. The summed E-state index contributed by atoms with van der Waals surface area (Å²) in [5.41, 5.74) is 0.493. The summed E-state index contributed by atoms with van der Waals surface area (Å²) in [7, 11) is 0. The molecule has 1 aromatic heterocycles. The maximum absolute atomic E-state index is 12.1. The van der Waals surface area contributed by atoms with Crippen LogP contribution in [0.25, 0.3) is 0 Å². The number of amides is 1. The summed E-state index contributed by atoms with van der Waals surface area (Å²) in [5, 5.41) is 2.77. The van der Waals surface area contributed by atoms with E-state index in [-0.39, 0.29) is 17.4 Å². The van der Waals surface area contributed by atoms with Crippen LogP contribution in [-0.4, -0.2) is 34.2 Å². The van der Waals surface area contributed by atoms with Crippen LogP contribution in [0.4, 0.5) is 5.69 Å². The Kier molecular flexibility index (Phi) is 5.59. The van der Waals surface area contributed by atoms with E-state index >= 15 is 0 Å². The quantitative estimate of drug-likeness (QED) is 0.663. The molecule has 0 unspecified atom stereocenters. The number of esters is 1. The van der Waals surface area contributed by atoms with Crippen LogP contribution in [0.1, 0.15) is 41.6 Å². The SMILES string of the molecule is CC(C)(C)C(=O)Nc1ccc(C(=O)COC(=O)c2cnccn2)cc1. The Balaban J connectivity index is 1.92. The molecule has 0 spiro atoms. The standard InChI is InChI=1S/C18H19N3O4/c1-18(2,3)17(24)21-13-6-4-12(5-7-13)15(22)11-25-16(23)14-10-19-8-9-20-14/h4-10H,11H2,1-3H3,(H,21,24). The molecule has 0 saturated carbocycles. The second-order valence-electron chi connectivity index (χ2n) is 6.37. The molecule has 0 atom stereocenters. The van der Waals surface area contributed by atoms with E-state index in [4.69, 9.17) is 4.74 Å². The highest BCUT2D eigenvalue weighted by molar-refractivity contribution is 6.00. The first kappa shape index (κ1) is 18.3. The molecule has 7 nitrogen and oxygen atoms in total. The molecule has 130 valence electrons. The van der Waals surface area contributed by atoms with Gasteiger partial charge in [-0.15, -0.1) is 0 Å². The first-order chi connectivity index (χ1) is 11.8. The van der Waals surface area contributed by atoms with Gasteiger partial charge in [-0.2, -0.15) is 0 Å². The number of benzene rings is 1. The number of carbonyl (C=O) groups is 3. The molecule has 2 rings (SSSR count). The Hall–Kier alpha value is -3.09. The monoisotopic (exact) mass is 341 g/mol. The molecule has 0 aliphatic rings. The largest absolute Gasteiger partial charge is 0.453 e. The van der Waals surface area contributed by atoms with Gasteiger partial charge in [-0.25, -0.2) is 9.78 Å². The normalized spacial score (nSPS) is 10.8. The van der Waals surface area contributed by atoms with E-state index in [1.807, 2.05) is 20.8 Å². The minimum atomic E-state index is -0.712. The van der Waals surface area contributed by atoms with Crippen molar-refractivity contribution in [2.75, 3.05) is 11.9 Å². The molecule has 7 heteroatoms. The van der Waals surface area contributed by atoms with Gasteiger partial charge in [0, 0.05) is 29.1 Å². The number of hydrogen-bond acceptors (Lipinski definition) is 6. The number of Topliss-reactive ketones (excluding diaryl/α,β-unsaturated/α-hetero) is 1. The number of rotatable bonds is 5. The van der Waals surface area contributed by atoms with E-state index in [1.165, 1.54) is 18.6 Å². The van der Waals surface area contributed by atoms with E-state index in [1.54, 1.807) is 24.3 Å². The maximum Gasteiger partial charge on any atom is 0.358 e. The average molecular weight is 341 g/mol. The lowest BCUT2D eigenvalue weighted by molar-refractivity contribution is -0.123. The molecule has 2 aromatic rings. The number of hydrogen-bond donors (Lipinski definition) is 1. The molecule has 1 aromatic carbocycles. The Morgan fingerprint density at radius 2 is 1.76 bits per heavy atom. The Morgan fingerprint density at radius 1 is 1.08 bits per heavy atom. The molecule has 1 amide bonds. The zero-order valence-corrected chi connectivity index (χ0v) is 14.3. The summed E-state index contributed by atoms with van der Waals surface area (Å²) < 4.78 is 4.92. The molecular weight excluding hydrogens is 322 g/mol. The van der Waals surface area contributed by atoms with Crippen LogP contribution in [0.15, 0.2) is 42.9 Å². The van der Waals surface area contributed by atoms with Gasteiger partial charge in [-0.1, -0.05) is 20.8 Å². The van der Waals surface area contributed by atoms with Crippen LogP contribution in [0.2, 0.25) is 0 Å². The topological polar surface area (TPSA) is 98.2 Å². The summed E-state index contributed by atoms with van der Waals surface area (Å²) in [6, 6.07) is 6.39. The number of aromatic nitrogens is 2. The van der Waals surface area contributed by atoms with Crippen molar-refractivity contribution in [1.82, 2.24) is 9.97 Å². The lowest BCUT2D eigenvalue weighted by Gasteiger charge is -2.17. The number of ether oxygens (including phenoxy) is 1. The molecular formula is C18H19N3O4. The highest BCUT2D eigenvalue weighted by Gasteiger charge is 2.21. The van der Waals surface area contributed by atoms with E-state index in [0.29, 0.717) is 11.3 Å². The van der Waals surface area contributed by atoms with Gasteiger partial charge in [0.25, 0.3) is 0 Å². The van der Waals surface area contributed by atoms with Crippen molar-refractivity contribution < 1.29 is 19.1 Å². The van der Waals surface area contributed by atoms with Gasteiger partial charge in [0.05, 0.1) is 6.20 Å². The van der Waals surface area contributed by atoms with E-state index in [2.05, 4.69) is 15.3 Å². The molecule has 0 saturated heterocycles. The molecule has 0 radical (unpaired) electrons. The Labute approximate surface area is 145 Å². The van der Waals surface area contributed by atoms with Crippen molar-refractivity contribution in [3.05, 3.63) is 54.1 Å². The second-order valence-corrected chi connectivity index (χ2v) is 6.37. The van der Waals surface area contributed by atoms with Crippen LogP contribution < -0.4 is 5.32 Å². The van der Waals surface area contributed by atoms with Crippen molar-refractivity contribution in [1.29, 1.82) is 0 Å². The van der Waals surface area contributed by atoms with E-state index in [0.717, 1.165) is 0 Å². The molecule has 1 heterocycles. The third-order valence-corrected chi connectivity index (χ3v) is 3.25. The lowest BCUT2D eigenvalue weighted by atomic mass is 9.95. The molecule has 0 aliphatic heterocycles. The maximum atomic E-state index is 12.1. The summed E-state index contributed by atoms with van der Waals surface area (Å²) in [5.74, 6) is -1.19. The van der Waals surface area contributed by atoms with Gasteiger partial charge >= 0.3 is 5.97 Å². The molecule has 0 aliphatic carbocycles. The summed E-state index contributed by atoms with van der Waals surface area (Å²) >= 11 is 0. The van der Waals surface area contributed by atoms with Crippen LogP contribution in [0.3, 0.4) is 0 Å². The van der Waals surface area contributed by atoms with Crippen LogP contribution in [-0.2, 0) is 9.53 Å². The molecule has 1 N–H and O–H groups in total.